The maximum atomic E-state index is 12.2. The van der Waals surface area contributed by atoms with E-state index >= 15 is 0 Å². The molecule has 0 radical (unpaired) electrons. The fourth-order valence-electron chi connectivity index (χ4n) is 2.02. The van der Waals surface area contributed by atoms with Crippen LogP contribution in [0, 0.1) is 6.92 Å². The van der Waals surface area contributed by atoms with E-state index in [0.717, 1.165) is 17.5 Å². The molecule has 0 atom stereocenters. The highest BCUT2D eigenvalue weighted by Crippen LogP contribution is 2.14. The first-order valence-electron chi connectivity index (χ1n) is 7.09. The maximum absolute atomic E-state index is 12.2. The summed E-state index contributed by atoms with van der Waals surface area (Å²) < 4.78 is 24.4. The van der Waals surface area contributed by atoms with E-state index in [2.05, 4.69) is 5.32 Å². The van der Waals surface area contributed by atoms with Crippen molar-refractivity contribution in [2.24, 2.45) is 0 Å². The molecule has 0 aliphatic carbocycles. The van der Waals surface area contributed by atoms with Crippen LogP contribution in [0.3, 0.4) is 0 Å². The summed E-state index contributed by atoms with van der Waals surface area (Å²) in [5, 5.41) is 2.61. The smallest absolute Gasteiger partial charge is 0.239 e. The SMILES string of the molecule is CCc1ccc(NC(=O)CS(=O)(=O)c2ccc(C)cc2)cc1. The number of hydrogen-bond donors (Lipinski definition) is 1. The summed E-state index contributed by atoms with van der Waals surface area (Å²) in [4.78, 5) is 12.1. The lowest BCUT2D eigenvalue weighted by atomic mass is 10.1. The van der Waals surface area contributed by atoms with E-state index in [4.69, 9.17) is 0 Å². The van der Waals surface area contributed by atoms with Crippen LogP contribution in [0.2, 0.25) is 0 Å². The summed E-state index contributed by atoms with van der Waals surface area (Å²) in [5.74, 6) is -1.10. The Balaban J connectivity index is 2.05. The molecule has 1 N–H and O–H groups in total. The third-order valence-corrected chi connectivity index (χ3v) is 4.98. The van der Waals surface area contributed by atoms with E-state index < -0.39 is 21.5 Å². The van der Waals surface area contributed by atoms with Crippen LogP contribution in [0.5, 0.6) is 0 Å². The molecule has 5 heteroatoms. The summed E-state index contributed by atoms with van der Waals surface area (Å²) in [6, 6.07) is 13.8. The fraction of sp³-hybridized carbons (Fsp3) is 0.235. The van der Waals surface area contributed by atoms with Crippen molar-refractivity contribution in [3.63, 3.8) is 0 Å². The Kier molecular flexibility index (Phi) is 4.98. The number of hydrogen-bond acceptors (Lipinski definition) is 3. The Hall–Kier alpha value is -2.14. The van der Waals surface area contributed by atoms with Crippen LogP contribution in [-0.2, 0) is 21.1 Å². The van der Waals surface area contributed by atoms with Crippen molar-refractivity contribution in [1.29, 1.82) is 0 Å². The lowest BCUT2D eigenvalue weighted by molar-refractivity contribution is -0.113. The molecule has 0 heterocycles. The van der Waals surface area contributed by atoms with E-state index in [1.807, 2.05) is 26.0 Å². The number of aryl methyl sites for hydroxylation is 2. The van der Waals surface area contributed by atoms with Gasteiger partial charge in [0.25, 0.3) is 0 Å². The van der Waals surface area contributed by atoms with Crippen LogP contribution in [0.4, 0.5) is 5.69 Å². The van der Waals surface area contributed by atoms with E-state index in [9.17, 15) is 13.2 Å². The van der Waals surface area contributed by atoms with E-state index in [1.165, 1.54) is 12.1 Å². The number of rotatable bonds is 5. The Labute approximate surface area is 131 Å². The highest BCUT2D eigenvalue weighted by Gasteiger charge is 2.19. The van der Waals surface area contributed by atoms with Crippen molar-refractivity contribution in [2.45, 2.75) is 25.2 Å². The largest absolute Gasteiger partial charge is 0.325 e. The zero-order valence-corrected chi connectivity index (χ0v) is 13.5. The van der Waals surface area contributed by atoms with Gasteiger partial charge in [0.1, 0.15) is 5.75 Å². The molecule has 0 spiro atoms. The van der Waals surface area contributed by atoms with Gasteiger partial charge in [0.2, 0.25) is 5.91 Å². The molecular formula is C17H19NO3S. The van der Waals surface area contributed by atoms with Crippen molar-refractivity contribution in [2.75, 3.05) is 11.1 Å². The van der Waals surface area contributed by atoms with Gasteiger partial charge in [-0.15, -0.1) is 0 Å². The standard InChI is InChI=1S/C17H19NO3S/c1-3-14-6-8-15(9-7-14)18-17(19)12-22(20,21)16-10-4-13(2)5-11-16/h4-11H,3,12H2,1-2H3,(H,18,19). The minimum absolute atomic E-state index is 0.162. The van der Waals surface area contributed by atoms with Crippen molar-refractivity contribution in [1.82, 2.24) is 0 Å². The van der Waals surface area contributed by atoms with Crippen LogP contribution < -0.4 is 5.32 Å². The molecule has 0 saturated heterocycles. The summed E-state index contributed by atoms with van der Waals surface area (Å²) in [7, 11) is -3.62. The fourth-order valence-corrected chi connectivity index (χ4v) is 3.16. The van der Waals surface area contributed by atoms with Gasteiger partial charge in [-0.25, -0.2) is 8.42 Å². The lowest BCUT2D eigenvalue weighted by Gasteiger charge is -2.07. The molecule has 4 nitrogen and oxygen atoms in total. The molecule has 0 fully saturated rings. The summed E-state index contributed by atoms with van der Waals surface area (Å²) in [5.41, 5.74) is 2.73. The van der Waals surface area contributed by atoms with Crippen LogP contribution in [0.25, 0.3) is 0 Å². The van der Waals surface area contributed by atoms with Gasteiger partial charge in [-0.1, -0.05) is 36.8 Å². The van der Waals surface area contributed by atoms with Crippen LogP contribution in [0.15, 0.2) is 53.4 Å². The molecule has 22 heavy (non-hydrogen) atoms. The zero-order chi connectivity index (χ0) is 16.2. The Morgan fingerprint density at radius 3 is 2.14 bits per heavy atom. The van der Waals surface area contributed by atoms with Gasteiger partial charge in [-0.05, 0) is 43.2 Å². The number of sulfone groups is 1. The predicted octanol–water partition coefficient (Wildman–Crippen LogP) is 2.97. The minimum atomic E-state index is -3.62. The van der Waals surface area contributed by atoms with Crippen molar-refractivity contribution in [3.8, 4) is 0 Å². The molecule has 0 aliphatic heterocycles. The minimum Gasteiger partial charge on any atom is -0.325 e. The highest BCUT2D eigenvalue weighted by atomic mass is 32.2. The first-order valence-corrected chi connectivity index (χ1v) is 8.74. The van der Waals surface area contributed by atoms with E-state index in [-0.39, 0.29) is 4.90 Å². The van der Waals surface area contributed by atoms with Gasteiger partial charge < -0.3 is 5.32 Å². The second-order valence-electron chi connectivity index (χ2n) is 5.17. The lowest BCUT2D eigenvalue weighted by Crippen LogP contribution is -2.23. The molecule has 0 aliphatic rings. The number of amides is 1. The van der Waals surface area contributed by atoms with Gasteiger partial charge in [-0.3, -0.25) is 4.79 Å². The quantitative estimate of drug-likeness (QED) is 0.922. The summed E-state index contributed by atoms with van der Waals surface area (Å²) in [6.45, 7) is 3.92. The van der Waals surface area contributed by atoms with Gasteiger partial charge in [0.15, 0.2) is 9.84 Å². The second-order valence-corrected chi connectivity index (χ2v) is 7.16. The molecule has 116 valence electrons. The molecule has 0 unspecified atom stereocenters. The van der Waals surface area contributed by atoms with Crippen LogP contribution in [-0.4, -0.2) is 20.1 Å². The average molecular weight is 317 g/mol. The normalized spacial score (nSPS) is 11.2. The van der Waals surface area contributed by atoms with Gasteiger partial charge in [-0.2, -0.15) is 0 Å². The number of nitrogens with one attached hydrogen (secondary N) is 1. The number of benzene rings is 2. The summed E-state index contributed by atoms with van der Waals surface area (Å²) in [6.07, 6.45) is 0.913. The molecule has 2 rings (SSSR count). The van der Waals surface area contributed by atoms with Crippen LogP contribution in [0.1, 0.15) is 18.1 Å². The molecule has 1 amide bonds. The van der Waals surface area contributed by atoms with Crippen molar-refractivity contribution in [3.05, 3.63) is 59.7 Å². The van der Waals surface area contributed by atoms with E-state index in [1.54, 1.807) is 24.3 Å². The molecule has 2 aromatic carbocycles. The molecule has 2 aromatic rings. The maximum Gasteiger partial charge on any atom is 0.239 e. The number of anilines is 1. The topological polar surface area (TPSA) is 63.2 Å². The second kappa shape index (κ2) is 6.75. The number of carbonyl (C=O) groups excluding carboxylic acids is 1. The Morgan fingerprint density at radius 1 is 1.00 bits per heavy atom. The van der Waals surface area contributed by atoms with Gasteiger partial charge in [0, 0.05) is 5.69 Å². The van der Waals surface area contributed by atoms with E-state index in [0.29, 0.717) is 5.69 Å². The predicted molar refractivity (Wildman–Crippen MR) is 87.7 cm³/mol. The van der Waals surface area contributed by atoms with Gasteiger partial charge >= 0.3 is 0 Å². The van der Waals surface area contributed by atoms with Crippen molar-refractivity contribution >= 4 is 21.4 Å². The Morgan fingerprint density at radius 2 is 1.59 bits per heavy atom. The van der Waals surface area contributed by atoms with Gasteiger partial charge in [0.05, 0.1) is 4.90 Å². The van der Waals surface area contributed by atoms with Crippen molar-refractivity contribution < 1.29 is 13.2 Å². The molecule has 0 aromatic heterocycles. The third kappa shape index (κ3) is 4.18. The number of carbonyl (C=O) groups is 1. The Bertz CT molecular complexity index is 747. The first kappa shape index (κ1) is 16.2. The zero-order valence-electron chi connectivity index (χ0n) is 12.7. The molecule has 0 bridgehead atoms. The average Bonchev–Trinajstić information content (AvgIpc) is 2.48. The first-order chi connectivity index (χ1) is 10.4. The third-order valence-electron chi connectivity index (χ3n) is 3.35. The highest BCUT2D eigenvalue weighted by molar-refractivity contribution is 7.92. The monoisotopic (exact) mass is 317 g/mol. The van der Waals surface area contributed by atoms with Crippen LogP contribution >= 0.6 is 0 Å². The molecular weight excluding hydrogens is 298 g/mol. The summed E-state index contributed by atoms with van der Waals surface area (Å²) >= 11 is 0. The molecule has 0 saturated carbocycles.